The minimum atomic E-state index is -1.69. The third-order valence-corrected chi connectivity index (χ3v) is 3.03. The number of aliphatic hydroxyl groups is 3. The fourth-order valence-corrected chi connectivity index (χ4v) is 1.86. The summed E-state index contributed by atoms with van der Waals surface area (Å²) >= 11 is 0. The molecular weight excluding hydrogens is 263 g/mol. The third-order valence-electron chi connectivity index (χ3n) is 3.03. The number of ether oxygens (including phenoxy) is 1. The van der Waals surface area contributed by atoms with E-state index in [1.165, 1.54) is 0 Å². The number of H-pyrrole nitrogens is 1. The molecule has 0 aromatic carbocycles. The summed E-state index contributed by atoms with van der Waals surface area (Å²) in [6, 6.07) is 0. The first-order valence-corrected chi connectivity index (χ1v) is 5.51. The molecule has 0 saturated carbocycles. The van der Waals surface area contributed by atoms with Gasteiger partial charge in [-0.15, -0.1) is 0 Å². The lowest BCUT2D eigenvalue weighted by atomic mass is 10.0. The molecule has 1 saturated heterocycles. The van der Waals surface area contributed by atoms with Crippen molar-refractivity contribution < 1.29 is 24.4 Å². The number of hydrogen-bond donors (Lipinski definition) is 4. The van der Waals surface area contributed by atoms with Crippen molar-refractivity contribution in [2.45, 2.75) is 31.5 Å². The van der Waals surface area contributed by atoms with Gasteiger partial charge in [0.05, 0.1) is 12.2 Å². The van der Waals surface area contributed by atoms with E-state index >= 15 is 0 Å². The fourth-order valence-electron chi connectivity index (χ4n) is 1.86. The van der Waals surface area contributed by atoms with E-state index in [2.05, 4.69) is 0 Å². The quantitative estimate of drug-likeness (QED) is 0.424. The molecular formula is C10H13FN2O6. The van der Waals surface area contributed by atoms with Crippen LogP contribution in [0.1, 0.15) is 11.8 Å². The lowest BCUT2D eigenvalue weighted by Crippen LogP contribution is -2.55. The van der Waals surface area contributed by atoms with Crippen LogP contribution in [0.25, 0.3) is 0 Å². The molecule has 1 aromatic heterocycles. The standard InChI is InChI=1S/C10H13FN2O6/c1-3-7(11)12-10(18)13(8(3)17)9-6(16)5(15)4(14)2-19-9/h4-6,9,14-16H,2H2,1H3,(H,12,18)/t4-,5-,6+,9?/m1/s1. The highest BCUT2D eigenvalue weighted by Gasteiger charge is 2.40. The Morgan fingerprint density at radius 2 is 1.95 bits per heavy atom. The van der Waals surface area contributed by atoms with E-state index in [-0.39, 0.29) is 12.2 Å². The first-order valence-electron chi connectivity index (χ1n) is 5.51. The van der Waals surface area contributed by atoms with Gasteiger partial charge in [-0.1, -0.05) is 0 Å². The molecule has 1 fully saturated rings. The van der Waals surface area contributed by atoms with Gasteiger partial charge < -0.3 is 20.1 Å². The second kappa shape index (κ2) is 4.85. The Balaban J connectivity index is 2.52. The average molecular weight is 276 g/mol. The van der Waals surface area contributed by atoms with Gasteiger partial charge in [0.2, 0.25) is 5.95 Å². The van der Waals surface area contributed by atoms with Crippen molar-refractivity contribution in [2.75, 3.05) is 6.61 Å². The summed E-state index contributed by atoms with van der Waals surface area (Å²) in [4.78, 5) is 25.2. The van der Waals surface area contributed by atoms with Crippen LogP contribution in [0.5, 0.6) is 0 Å². The zero-order valence-corrected chi connectivity index (χ0v) is 9.91. The normalized spacial score (nSPS) is 31.4. The summed E-state index contributed by atoms with van der Waals surface area (Å²) in [5.74, 6) is -1.07. The molecule has 1 aliphatic rings. The maximum atomic E-state index is 13.2. The van der Waals surface area contributed by atoms with Crippen molar-refractivity contribution in [2.24, 2.45) is 0 Å². The van der Waals surface area contributed by atoms with Crippen LogP contribution in [0.4, 0.5) is 4.39 Å². The van der Waals surface area contributed by atoms with Gasteiger partial charge in [-0.2, -0.15) is 4.39 Å². The maximum Gasteiger partial charge on any atom is 0.332 e. The number of rotatable bonds is 1. The zero-order valence-electron chi connectivity index (χ0n) is 9.91. The summed E-state index contributed by atoms with van der Waals surface area (Å²) in [5, 5.41) is 28.5. The summed E-state index contributed by atoms with van der Waals surface area (Å²) in [6.07, 6.45) is -6.08. The molecule has 9 heteroatoms. The molecule has 0 bridgehead atoms. The molecule has 2 heterocycles. The Labute approximate surface area is 105 Å². The largest absolute Gasteiger partial charge is 0.388 e. The van der Waals surface area contributed by atoms with Crippen LogP contribution < -0.4 is 11.2 Å². The lowest BCUT2D eigenvalue weighted by molar-refractivity contribution is -0.212. The number of aromatic nitrogens is 2. The molecule has 4 atom stereocenters. The maximum absolute atomic E-state index is 13.2. The topological polar surface area (TPSA) is 125 Å². The molecule has 1 unspecified atom stereocenters. The van der Waals surface area contributed by atoms with E-state index in [0.717, 1.165) is 6.92 Å². The predicted molar refractivity (Wildman–Crippen MR) is 59.0 cm³/mol. The fraction of sp³-hybridized carbons (Fsp3) is 0.600. The van der Waals surface area contributed by atoms with E-state index in [4.69, 9.17) is 4.74 Å². The predicted octanol–water partition coefficient (Wildman–Crippen LogP) is -2.40. The van der Waals surface area contributed by atoms with Crippen molar-refractivity contribution in [1.29, 1.82) is 0 Å². The minimum Gasteiger partial charge on any atom is -0.388 e. The second-order valence-electron chi connectivity index (χ2n) is 4.32. The Morgan fingerprint density at radius 3 is 2.58 bits per heavy atom. The average Bonchev–Trinajstić information content (AvgIpc) is 2.36. The highest BCUT2D eigenvalue weighted by molar-refractivity contribution is 5.05. The van der Waals surface area contributed by atoms with Crippen LogP contribution >= 0.6 is 0 Å². The molecule has 1 aliphatic heterocycles. The van der Waals surface area contributed by atoms with Crippen LogP contribution in [0, 0.1) is 12.9 Å². The van der Waals surface area contributed by atoms with Crippen LogP contribution in [-0.2, 0) is 4.74 Å². The van der Waals surface area contributed by atoms with Crippen molar-refractivity contribution in [3.8, 4) is 0 Å². The zero-order chi connectivity index (χ0) is 14.3. The van der Waals surface area contributed by atoms with Crippen LogP contribution in [0.3, 0.4) is 0 Å². The Kier molecular flexibility index (Phi) is 3.54. The number of hydrogen-bond acceptors (Lipinski definition) is 6. The summed E-state index contributed by atoms with van der Waals surface area (Å²) in [6.45, 7) is 0.787. The van der Waals surface area contributed by atoms with Crippen molar-refractivity contribution in [3.63, 3.8) is 0 Å². The SMILES string of the molecule is Cc1c(F)[nH]c(=O)n(C2OC[C@@H](O)[C@@H](O)[C@@H]2O)c1=O. The van der Waals surface area contributed by atoms with E-state index in [9.17, 15) is 29.3 Å². The number of aromatic amines is 1. The van der Waals surface area contributed by atoms with Gasteiger partial charge in [0.25, 0.3) is 5.56 Å². The Hall–Kier alpha value is -1.55. The highest BCUT2D eigenvalue weighted by Crippen LogP contribution is 2.21. The Bertz CT molecular complexity index is 597. The number of nitrogens with zero attached hydrogens (tertiary/aromatic N) is 1. The summed E-state index contributed by atoms with van der Waals surface area (Å²) in [7, 11) is 0. The van der Waals surface area contributed by atoms with Gasteiger partial charge in [0.1, 0.15) is 18.3 Å². The Morgan fingerprint density at radius 1 is 1.32 bits per heavy atom. The third kappa shape index (κ3) is 2.21. The molecule has 2 rings (SSSR count). The smallest absolute Gasteiger partial charge is 0.332 e. The second-order valence-corrected chi connectivity index (χ2v) is 4.32. The summed E-state index contributed by atoms with van der Waals surface area (Å²) < 4.78 is 18.6. The molecule has 0 aliphatic carbocycles. The number of aliphatic hydroxyl groups excluding tert-OH is 3. The molecule has 19 heavy (non-hydrogen) atoms. The van der Waals surface area contributed by atoms with Gasteiger partial charge in [0.15, 0.2) is 6.23 Å². The van der Waals surface area contributed by atoms with Crippen LogP contribution in [-0.4, -0.2) is 49.8 Å². The van der Waals surface area contributed by atoms with Crippen LogP contribution in [0.2, 0.25) is 0 Å². The van der Waals surface area contributed by atoms with E-state index < -0.39 is 41.7 Å². The van der Waals surface area contributed by atoms with Gasteiger partial charge >= 0.3 is 5.69 Å². The molecule has 0 amide bonds. The van der Waals surface area contributed by atoms with Crippen molar-refractivity contribution in [1.82, 2.24) is 9.55 Å². The molecule has 106 valence electrons. The van der Waals surface area contributed by atoms with Gasteiger partial charge in [0, 0.05) is 0 Å². The first kappa shape index (κ1) is 13.9. The molecule has 0 radical (unpaired) electrons. The summed E-state index contributed by atoms with van der Waals surface area (Å²) in [5.41, 5.74) is -2.44. The number of halogens is 1. The van der Waals surface area contributed by atoms with Gasteiger partial charge in [-0.05, 0) is 6.92 Å². The molecule has 4 N–H and O–H groups in total. The first-order chi connectivity index (χ1) is 8.84. The highest BCUT2D eigenvalue weighted by atomic mass is 19.1. The minimum absolute atomic E-state index is 0.351. The van der Waals surface area contributed by atoms with E-state index in [0.29, 0.717) is 4.57 Å². The van der Waals surface area contributed by atoms with Gasteiger partial charge in [-0.25, -0.2) is 9.36 Å². The van der Waals surface area contributed by atoms with Crippen LogP contribution in [0.15, 0.2) is 9.59 Å². The van der Waals surface area contributed by atoms with E-state index in [1.54, 1.807) is 4.98 Å². The monoisotopic (exact) mass is 276 g/mol. The molecule has 8 nitrogen and oxygen atoms in total. The number of nitrogens with one attached hydrogen (secondary N) is 1. The van der Waals surface area contributed by atoms with Crippen molar-refractivity contribution in [3.05, 3.63) is 32.3 Å². The lowest BCUT2D eigenvalue weighted by Gasteiger charge is -2.35. The molecule has 1 aromatic rings. The van der Waals surface area contributed by atoms with Crippen molar-refractivity contribution >= 4 is 0 Å². The van der Waals surface area contributed by atoms with E-state index in [1.807, 2.05) is 0 Å². The van der Waals surface area contributed by atoms with Gasteiger partial charge in [-0.3, -0.25) is 9.78 Å². The molecule has 0 spiro atoms.